The molecule has 0 aliphatic carbocycles. The van der Waals surface area contributed by atoms with Gasteiger partial charge in [0.2, 0.25) is 0 Å². The average molecular weight is 225 g/mol. The molecule has 1 aliphatic rings. The van der Waals surface area contributed by atoms with E-state index in [1.54, 1.807) is 11.8 Å². The van der Waals surface area contributed by atoms with Crippen molar-refractivity contribution in [2.45, 2.75) is 17.1 Å². The monoisotopic (exact) mass is 224 g/mol. The number of halogens is 1. The fourth-order valence-corrected chi connectivity index (χ4v) is 3.01. The van der Waals surface area contributed by atoms with Gasteiger partial charge in [0.25, 0.3) is 0 Å². The molecule has 2 aromatic rings. The first-order valence-electron chi connectivity index (χ1n) is 4.57. The Morgan fingerprint density at radius 1 is 1.43 bits per heavy atom. The topological polar surface area (TPSA) is 17.8 Å². The summed E-state index contributed by atoms with van der Waals surface area (Å²) in [4.78, 5) is 4.55. The molecule has 0 N–H and O–H groups in total. The van der Waals surface area contributed by atoms with Crippen LogP contribution in [0.5, 0.6) is 0 Å². The van der Waals surface area contributed by atoms with Gasteiger partial charge in [-0.1, -0.05) is 23.9 Å². The third-order valence-corrected chi connectivity index (χ3v) is 4.01. The Labute approximate surface area is 91.3 Å². The van der Waals surface area contributed by atoms with E-state index in [-0.39, 0.29) is 5.38 Å². The molecule has 0 saturated carbocycles. The number of fused-ring (bicyclic) bond motifs is 3. The van der Waals surface area contributed by atoms with Crippen LogP contribution in [0.3, 0.4) is 0 Å². The summed E-state index contributed by atoms with van der Waals surface area (Å²) >= 11 is 7.87. The maximum Gasteiger partial charge on any atom is 0.169 e. The Balaban J connectivity index is 2.25. The number of aromatic nitrogens is 2. The molecule has 4 heteroatoms. The normalized spacial score (nSPS) is 21.1. The van der Waals surface area contributed by atoms with Crippen LogP contribution in [0.1, 0.15) is 0 Å². The lowest BCUT2D eigenvalue weighted by Crippen LogP contribution is -2.18. The van der Waals surface area contributed by atoms with Crippen molar-refractivity contribution in [2.24, 2.45) is 0 Å². The van der Waals surface area contributed by atoms with Gasteiger partial charge >= 0.3 is 0 Å². The van der Waals surface area contributed by atoms with Gasteiger partial charge in [-0.25, -0.2) is 4.98 Å². The Bertz CT molecular complexity index is 480. The van der Waals surface area contributed by atoms with E-state index in [0.29, 0.717) is 0 Å². The van der Waals surface area contributed by atoms with E-state index >= 15 is 0 Å². The predicted octanol–water partition coefficient (Wildman–Crippen LogP) is 2.75. The number of thioether (sulfide) groups is 1. The molecule has 14 heavy (non-hydrogen) atoms. The molecule has 0 saturated heterocycles. The predicted molar refractivity (Wildman–Crippen MR) is 60.1 cm³/mol. The van der Waals surface area contributed by atoms with Gasteiger partial charge in [0.05, 0.1) is 16.4 Å². The second kappa shape index (κ2) is 3.17. The van der Waals surface area contributed by atoms with Crippen molar-refractivity contribution in [3.8, 4) is 0 Å². The van der Waals surface area contributed by atoms with E-state index in [9.17, 15) is 0 Å². The molecular formula is C10H9ClN2S. The molecule has 1 atom stereocenters. The van der Waals surface area contributed by atoms with Crippen molar-refractivity contribution < 1.29 is 0 Å². The Morgan fingerprint density at radius 3 is 3.21 bits per heavy atom. The molecule has 0 amide bonds. The second-order valence-electron chi connectivity index (χ2n) is 3.40. The van der Waals surface area contributed by atoms with Gasteiger partial charge in [-0.15, -0.1) is 11.6 Å². The molecule has 0 radical (unpaired) electrons. The van der Waals surface area contributed by atoms with Crippen LogP contribution < -0.4 is 0 Å². The third kappa shape index (κ3) is 1.23. The summed E-state index contributed by atoms with van der Waals surface area (Å²) in [7, 11) is 0. The number of rotatable bonds is 0. The zero-order valence-corrected chi connectivity index (χ0v) is 9.05. The van der Waals surface area contributed by atoms with E-state index in [1.807, 2.05) is 18.2 Å². The van der Waals surface area contributed by atoms with Gasteiger partial charge in [-0.05, 0) is 12.1 Å². The van der Waals surface area contributed by atoms with E-state index in [1.165, 1.54) is 5.52 Å². The third-order valence-electron chi connectivity index (χ3n) is 2.39. The molecule has 0 spiro atoms. The van der Waals surface area contributed by atoms with Crippen molar-refractivity contribution >= 4 is 34.4 Å². The minimum atomic E-state index is 0.227. The van der Waals surface area contributed by atoms with Crippen LogP contribution in [0.25, 0.3) is 11.0 Å². The van der Waals surface area contributed by atoms with Crippen molar-refractivity contribution in [1.29, 1.82) is 0 Å². The summed E-state index contributed by atoms with van der Waals surface area (Å²) in [6.45, 7) is 0.879. The molecule has 1 aromatic heterocycles. The first kappa shape index (κ1) is 8.62. The van der Waals surface area contributed by atoms with Crippen LogP contribution in [0.15, 0.2) is 29.4 Å². The molecule has 0 unspecified atom stereocenters. The second-order valence-corrected chi connectivity index (χ2v) is 5.01. The molecule has 1 aliphatic heterocycles. The van der Waals surface area contributed by atoms with Crippen molar-refractivity contribution in [3.63, 3.8) is 0 Å². The molecule has 2 nitrogen and oxygen atoms in total. The van der Waals surface area contributed by atoms with Crippen molar-refractivity contribution in [2.75, 3.05) is 5.75 Å². The molecular weight excluding hydrogens is 216 g/mol. The number of hydrogen-bond acceptors (Lipinski definition) is 2. The SMILES string of the molecule is Cl[C@@H]1CSc2nc3ccccc3n2C1. The van der Waals surface area contributed by atoms with Crippen molar-refractivity contribution in [1.82, 2.24) is 9.55 Å². The van der Waals surface area contributed by atoms with E-state index in [0.717, 1.165) is 23.0 Å². The first-order valence-corrected chi connectivity index (χ1v) is 5.99. The van der Waals surface area contributed by atoms with Crippen LogP contribution >= 0.6 is 23.4 Å². The zero-order valence-electron chi connectivity index (χ0n) is 7.48. The molecule has 0 bridgehead atoms. The van der Waals surface area contributed by atoms with Gasteiger partial charge in [0.1, 0.15) is 0 Å². The number of hydrogen-bond donors (Lipinski definition) is 0. The van der Waals surface area contributed by atoms with Crippen LogP contribution in [-0.4, -0.2) is 20.7 Å². The number of benzene rings is 1. The summed E-state index contributed by atoms with van der Waals surface area (Å²) in [6, 6.07) is 8.20. The highest BCUT2D eigenvalue weighted by Gasteiger charge is 2.20. The first-order chi connectivity index (χ1) is 6.84. The van der Waals surface area contributed by atoms with Crippen LogP contribution in [0.4, 0.5) is 0 Å². The summed E-state index contributed by atoms with van der Waals surface area (Å²) in [6.07, 6.45) is 0. The van der Waals surface area contributed by atoms with Crippen LogP contribution in [0.2, 0.25) is 0 Å². The Hall–Kier alpha value is -0.670. The van der Waals surface area contributed by atoms with Gasteiger partial charge in [0.15, 0.2) is 5.16 Å². The Morgan fingerprint density at radius 2 is 2.29 bits per heavy atom. The summed E-state index contributed by atoms with van der Waals surface area (Å²) in [5, 5.41) is 1.33. The van der Waals surface area contributed by atoms with Crippen LogP contribution in [0, 0.1) is 0 Å². The highest BCUT2D eigenvalue weighted by Crippen LogP contribution is 2.30. The fraction of sp³-hybridized carbons (Fsp3) is 0.300. The Kier molecular flexibility index (Phi) is 1.96. The highest BCUT2D eigenvalue weighted by atomic mass is 35.5. The number of nitrogens with zero attached hydrogens (tertiary/aromatic N) is 2. The van der Waals surface area contributed by atoms with Crippen molar-refractivity contribution in [3.05, 3.63) is 24.3 Å². The lowest BCUT2D eigenvalue weighted by molar-refractivity contribution is 0.630. The summed E-state index contributed by atoms with van der Waals surface area (Å²) in [5.41, 5.74) is 2.26. The van der Waals surface area contributed by atoms with E-state index in [4.69, 9.17) is 11.6 Å². The highest BCUT2D eigenvalue weighted by molar-refractivity contribution is 7.99. The van der Waals surface area contributed by atoms with E-state index in [2.05, 4.69) is 15.6 Å². The summed E-state index contributed by atoms with van der Waals surface area (Å²) < 4.78 is 2.21. The quantitative estimate of drug-likeness (QED) is 0.641. The zero-order chi connectivity index (χ0) is 9.54. The lowest BCUT2D eigenvalue weighted by atomic mass is 10.3. The van der Waals surface area contributed by atoms with Gasteiger partial charge in [-0.3, -0.25) is 0 Å². The fourth-order valence-electron chi connectivity index (χ4n) is 1.76. The van der Waals surface area contributed by atoms with Gasteiger partial charge in [-0.2, -0.15) is 0 Å². The maximum atomic E-state index is 6.13. The minimum absolute atomic E-state index is 0.227. The smallest absolute Gasteiger partial charge is 0.169 e. The number of alkyl halides is 1. The average Bonchev–Trinajstić information content (AvgIpc) is 2.56. The number of imidazole rings is 1. The maximum absolute atomic E-state index is 6.13. The number of para-hydroxylation sites is 2. The van der Waals surface area contributed by atoms with Gasteiger partial charge in [0, 0.05) is 12.3 Å². The molecule has 72 valence electrons. The van der Waals surface area contributed by atoms with E-state index < -0.39 is 0 Å². The molecule has 0 fully saturated rings. The lowest BCUT2D eigenvalue weighted by Gasteiger charge is -2.18. The molecule has 1 aromatic carbocycles. The summed E-state index contributed by atoms with van der Waals surface area (Å²) in [5.74, 6) is 0.963. The molecule has 3 rings (SSSR count). The largest absolute Gasteiger partial charge is 0.317 e. The van der Waals surface area contributed by atoms with Gasteiger partial charge < -0.3 is 4.57 Å². The minimum Gasteiger partial charge on any atom is -0.317 e. The standard InChI is InChI=1S/C10H9ClN2S/c11-7-5-13-9-4-2-1-3-8(9)12-10(13)14-6-7/h1-4,7H,5-6H2/t7-/m0/s1. The molecule has 2 heterocycles. The van der Waals surface area contributed by atoms with Crippen LogP contribution in [-0.2, 0) is 6.54 Å².